The Morgan fingerprint density at radius 2 is 1.88 bits per heavy atom. The van der Waals surface area contributed by atoms with Gasteiger partial charge in [0.15, 0.2) is 0 Å². The Balaban J connectivity index is 2.17. The predicted molar refractivity (Wildman–Crippen MR) is 72.0 cm³/mol. The smallest absolute Gasteiger partial charge is 0.0946 e. The molecule has 6 heteroatoms. The number of rotatable bonds is 3. The standard InChI is InChI=1S/C11H10Cl3N3/c1-17-6-15-4-8(17)5-16-11-9(13)2-7(12)3-10(11)14/h2-4,6,16H,5H2,1H3. The molecule has 0 unspecified atom stereocenters. The monoisotopic (exact) mass is 289 g/mol. The van der Waals surface area contributed by atoms with Crippen molar-refractivity contribution < 1.29 is 0 Å². The molecule has 1 aromatic carbocycles. The topological polar surface area (TPSA) is 29.9 Å². The SMILES string of the molecule is Cn1cncc1CNc1c(Cl)cc(Cl)cc1Cl. The summed E-state index contributed by atoms with van der Waals surface area (Å²) in [5.41, 5.74) is 1.71. The lowest BCUT2D eigenvalue weighted by molar-refractivity contribution is 0.837. The molecule has 0 radical (unpaired) electrons. The molecule has 0 saturated heterocycles. The Hall–Kier alpha value is -0.900. The third-order valence-corrected chi connectivity index (χ3v) is 3.18. The van der Waals surface area contributed by atoms with Crippen molar-refractivity contribution in [3.05, 3.63) is 45.4 Å². The maximum absolute atomic E-state index is 6.06. The highest BCUT2D eigenvalue weighted by Crippen LogP contribution is 2.33. The number of aromatic nitrogens is 2. The molecule has 1 heterocycles. The van der Waals surface area contributed by atoms with E-state index in [1.807, 2.05) is 11.6 Å². The molecule has 0 aliphatic carbocycles. The Bertz CT molecular complexity index is 514. The van der Waals surface area contributed by atoms with E-state index in [0.29, 0.717) is 27.3 Å². The minimum absolute atomic E-state index is 0.504. The molecule has 2 rings (SSSR count). The maximum atomic E-state index is 6.06. The predicted octanol–water partition coefficient (Wildman–Crippen LogP) is 3.99. The molecule has 90 valence electrons. The molecule has 0 atom stereocenters. The first-order valence-electron chi connectivity index (χ1n) is 4.91. The number of nitrogens with zero attached hydrogens (tertiary/aromatic N) is 2. The molecular formula is C11H10Cl3N3. The average Bonchev–Trinajstić information content (AvgIpc) is 2.62. The number of aryl methyl sites for hydroxylation is 1. The van der Waals surface area contributed by atoms with Gasteiger partial charge in [0.2, 0.25) is 0 Å². The van der Waals surface area contributed by atoms with Crippen LogP contribution in [0.25, 0.3) is 0 Å². The second-order valence-corrected chi connectivity index (χ2v) is 4.84. The van der Waals surface area contributed by atoms with Crippen molar-refractivity contribution in [1.29, 1.82) is 0 Å². The van der Waals surface area contributed by atoms with Crippen molar-refractivity contribution in [2.45, 2.75) is 6.54 Å². The summed E-state index contributed by atoms with van der Waals surface area (Å²) < 4.78 is 1.92. The number of anilines is 1. The van der Waals surface area contributed by atoms with Crippen LogP contribution in [0.1, 0.15) is 5.69 Å². The number of hydrogen-bond acceptors (Lipinski definition) is 2. The first kappa shape index (κ1) is 12.6. The van der Waals surface area contributed by atoms with E-state index in [9.17, 15) is 0 Å². The summed E-state index contributed by atoms with van der Waals surface area (Å²) in [4.78, 5) is 4.03. The molecule has 0 bridgehead atoms. The lowest BCUT2D eigenvalue weighted by Crippen LogP contribution is -2.04. The zero-order valence-electron chi connectivity index (χ0n) is 9.04. The summed E-state index contributed by atoms with van der Waals surface area (Å²) in [7, 11) is 1.93. The van der Waals surface area contributed by atoms with Crippen LogP contribution >= 0.6 is 34.8 Å². The van der Waals surface area contributed by atoms with Crippen molar-refractivity contribution in [2.24, 2.45) is 7.05 Å². The van der Waals surface area contributed by atoms with Crippen molar-refractivity contribution in [3.63, 3.8) is 0 Å². The molecule has 0 spiro atoms. The van der Waals surface area contributed by atoms with Crippen molar-refractivity contribution in [3.8, 4) is 0 Å². The molecule has 17 heavy (non-hydrogen) atoms. The molecule has 0 saturated carbocycles. The molecule has 0 amide bonds. The van der Waals surface area contributed by atoms with Gasteiger partial charge in [-0.15, -0.1) is 0 Å². The van der Waals surface area contributed by atoms with E-state index in [1.165, 1.54) is 0 Å². The third-order valence-electron chi connectivity index (χ3n) is 2.37. The van der Waals surface area contributed by atoms with Crippen LogP contribution in [-0.4, -0.2) is 9.55 Å². The third kappa shape index (κ3) is 2.86. The van der Waals surface area contributed by atoms with Gasteiger partial charge in [-0.1, -0.05) is 34.8 Å². The fourth-order valence-corrected chi connectivity index (χ4v) is 2.40. The van der Waals surface area contributed by atoms with E-state index in [2.05, 4.69) is 10.3 Å². The number of halogens is 3. The summed E-state index contributed by atoms with van der Waals surface area (Å²) in [6.45, 7) is 0.595. The number of imidazole rings is 1. The Morgan fingerprint density at radius 1 is 1.24 bits per heavy atom. The van der Waals surface area contributed by atoms with Gasteiger partial charge in [-0.25, -0.2) is 4.98 Å². The van der Waals surface area contributed by atoms with E-state index in [4.69, 9.17) is 34.8 Å². The summed E-state index contributed by atoms with van der Waals surface area (Å²) in [5, 5.41) is 4.70. The highest BCUT2D eigenvalue weighted by Gasteiger charge is 2.08. The summed E-state index contributed by atoms with van der Waals surface area (Å²) in [6, 6.07) is 3.31. The highest BCUT2D eigenvalue weighted by atomic mass is 35.5. The Kier molecular flexibility index (Phi) is 3.82. The van der Waals surface area contributed by atoms with Crippen molar-refractivity contribution >= 4 is 40.5 Å². The lowest BCUT2D eigenvalue weighted by Gasteiger charge is -2.11. The van der Waals surface area contributed by atoms with Gasteiger partial charge in [0.05, 0.1) is 34.3 Å². The van der Waals surface area contributed by atoms with Crippen LogP contribution in [0.3, 0.4) is 0 Å². The fourth-order valence-electron chi connectivity index (χ4n) is 1.44. The first-order valence-corrected chi connectivity index (χ1v) is 6.05. The summed E-state index contributed by atoms with van der Waals surface area (Å²) in [6.07, 6.45) is 3.52. The lowest BCUT2D eigenvalue weighted by atomic mass is 10.3. The second kappa shape index (κ2) is 5.17. The van der Waals surface area contributed by atoms with E-state index < -0.39 is 0 Å². The van der Waals surface area contributed by atoms with Crippen molar-refractivity contribution in [2.75, 3.05) is 5.32 Å². The molecule has 0 aliphatic heterocycles. The van der Waals surface area contributed by atoms with Gasteiger partial charge in [-0.05, 0) is 12.1 Å². The molecule has 0 aliphatic rings. The molecule has 2 aromatic rings. The maximum Gasteiger partial charge on any atom is 0.0946 e. The molecule has 1 aromatic heterocycles. The number of benzene rings is 1. The summed E-state index contributed by atoms with van der Waals surface area (Å²) >= 11 is 18.0. The van der Waals surface area contributed by atoms with Gasteiger partial charge in [0.1, 0.15) is 0 Å². The second-order valence-electron chi connectivity index (χ2n) is 3.59. The van der Waals surface area contributed by atoms with E-state index in [1.54, 1.807) is 24.7 Å². The fraction of sp³-hybridized carbons (Fsp3) is 0.182. The molecule has 1 N–H and O–H groups in total. The van der Waals surface area contributed by atoms with Crippen LogP contribution in [0.15, 0.2) is 24.7 Å². The number of hydrogen-bond donors (Lipinski definition) is 1. The summed E-state index contributed by atoms with van der Waals surface area (Å²) in [5.74, 6) is 0. The minimum atomic E-state index is 0.504. The Morgan fingerprint density at radius 3 is 2.41 bits per heavy atom. The van der Waals surface area contributed by atoms with Crippen LogP contribution in [0.5, 0.6) is 0 Å². The highest BCUT2D eigenvalue weighted by molar-refractivity contribution is 6.41. The normalized spacial score (nSPS) is 10.6. The largest absolute Gasteiger partial charge is 0.377 e. The van der Waals surface area contributed by atoms with Gasteiger partial charge >= 0.3 is 0 Å². The number of nitrogens with one attached hydrogen (secondary N) is 1. The van der Waals surface area contributed by atoms with Crippen molar-refractivity contribution in [1.82, 2.24) is 9.55 Å². The van der Waals surface area contributed by atoms with Gasteiger partial charge in [0, 0.05) is 18.3 Å². The zero-order chi connectivity index (χ0) is 12.4. The Labute approximate surface area is 114 Å². The van der Waals surface area contributed by atoms with Crippen LogP contribution < -0.4 is 5.32 Å². The van der Waals surface area contributed by atoms with Gasteiger partial charge in [0.25, 0.3) is 0 Å². The van der Waals surface area contributed by atoms with Gasteiger partial charge < -0.3 is 9.88 Å². The van der Waals surface area contributed by atoms with Gasteiger partial charge in [-0.3, -0.25) is 0 Å². The van der Waals surface area contributed by atoms with E-state index in [-0.39, 0.29) is 0 Å². The first-order chi connectivity index (χ1) is 8.08. The van der Waals surface area contributed by atoms with Crippen LogP contribution in [0, 0.1) is 0 Å². The quantitative estimate of drug-likeness (QED) is 0.926. The van der Waals surface area contributed by atoms with Gasteiger partial charge in [-0.2, -0.15) is 0 Å². The zero-order valence-corrected chi connectivity index (χ0v) is 11.3. The van der Waals surface area contributed by atoms with Crippen LogP contribution in [0.2, 0.25) is 15.1 Å². The molecule has 3 nitrogen and oxygen atoms in total. The van der Waals surface area contributed by atoms with Crippen LogP contribution in [0.4, 0.5) is 5.69 Å². The minimum Gasteiger partial charge on any atom is -0.377 e. The molecule has 0 fully saturated rings. The molecular weight excluding hydrogens is 281 g/mol. The average molecular weight is 291 g/mol. The van der Waals surface area contributed by atoms with E-state index >= 15 is 0 Å². The van der Waals surface area contributed by atoms with E-state index in [0.717, 1.165) is 5.69 Å². The van der Waals surface area contributed by atoms with Crippen LogP contribution in [-0.2, 0) is 13.6 Å².